The number of carbonyl (C=O) groups is 1. The van der Waals surface area contributed by atoms with Crippen LogP contribution >= 0.6 is 0 Å². The Morgan fingerprint density at radius 1 is 1.07 bits per heavy atom. The van der Waals surface area contributed by atoms with E-state index in [0.717, 1.165) is 16.9 Å². The van der Waals surface area contributed by atoms with Gasteiger partial charge in [-0.1, -0.05) is 38.1 Å². The van der Waals surface area contributed by atoms with Gasteiger partial charge in [-0.15, -0.1) is 0 Å². The Morgan fingerprint density at radius 3 is 2.50 bits per heavy atom. The van der Waals surface area contributed by atoms with E-state index in [1.54, 1.807) is 13.3 Å². The Balaban J connectivity index is 2.00. The van der Waals surface area contributed by atoms with Gasteiger partial charge in [0.15, 0.2) is 0 Å². The van der Waals surface area contributed by atoms with Gasteiger partial charge < -0.3 is 15.0 Å². The molecule has 1 aromatic heterocycles. The molecule has 0 aliphatic rings. The third-order valence-electron chi connectivity index (χ3n) is 4.41. The quantitative estimate of drug-likeness (QED) is 0.630. The van der Waals surface area contributed by atoms with Crippen molar-refractivity contribution in [3.05, 3.63) is 78.6 Å². The van der Waals surface area contributed by atoms with Crippen LogP contribution in [0.4, 0.5) is 17.1 Å². The fourth-order valence-electron chi connectivity index (χ4n) is 2.85. The maximum Gasteiger partial charge on any atom is 0.227 e. The molecular weight excluding hydrogens is 350 g/mol. The average Bonchev–Trinajstić information content (AvgIpc) is 2.73. The lowest BCUT2D eigenvalue weighted by Crippen LogP contribution is -2.20. The van der Waals surface area contributed by atoms with Crippen LogP contribution in [-0.4, -0.2) is 18.0 Å². The van der Waals surface area contributed by atoms with Gasteiger partial charge in [-0.05, 0) is 42.0 Å². The summed E-state index contributed by atoms with van der Waals surface area (Å²) in [5, 5.41) is 2.97. The van der Waals surface area contributed by atoms with Crippen molar-refractivity contribution in [3.8, 4) is 5.75 Å². The molecule has 0 fully saturated rings. The first-order chi connectivity index (χ1) is 13.6. The van der Waals surface area contributed by atoms with Crippen molar-refractivity contribution in [2.24, 2.45) is 5.92 Å². The van der Waals surface area contributed by atoms with E-state index < -0.39 is 0 Å². The number of pyridine rings is 1. The van der Waals surface area contributed by atoms with Crippen LogP contribution in [0.15, 0.2) is 73.1 Å². The summed E-state index contributed by atoms with van der Waals surface area (Å²) in [6.45, 7) is 4.39. The van der Waals surface area contributed by atoms with Crippen LogP contribution in [0.3, 0.4) is 0 Å². The van der Waals surface area contributed by atoms with Crippen LogP contribution in [0.25, 0.3) is 0 Å². The van der Waals surface area contributed by atoms with Gasteiger partial charge in [0.1, 0.15) is 5.75 Å². The number of rotatable bonds is 7. The summed E-state index contributed by atoms with van der Waals surface area (Å²) in [5.41, 5.74) is 3.76. The lowest BCUT2D eigenvalue weighted by Gasteiger charge is -2.26. The number of para-hydroxylation sites is 1. The first-order valence-corrected chi connectivity index (χ1v) is 9.29. The molecule has 0 saturated heterocycles. The fourth-order valence-corrected chi connectivity index (χ4v) is 2.85. The molecule has 144 valence electrons. The van der Waals surface area contributed by atoms with E-state index in [2.05, 4.69) is 27.3 Å². The molecule has 1 N–H and O–H groups in total. The molecule has 1 heterocycles. The Kier molecular flexibility index (Phi) is 6.27. The predicted octanol–water partition coefficient (Wildman–Crippen LogP) is 5.02. The Hall–Kier alpha value is -3.34. The Morgan fingerprint density at radius 2 is 1.86 bits per heavy atom. The summed E-state index contributed by atoms with van der Waals surface area (Å²) in [6, 6.07) is 19.9. The van der Waals surface area contributed by atoms with Gasteiger partial charge in [0.05, 0.1) is 12.8 Å². The molecule has 0 bridgehead atoms. The summed E-state index contributed by atoms with van der Waals surface area (Å²) < 4.78 is 5.44. The third-order valence-corrected chi connectivity index (χ3v) is 4.41. The molecule has 5 heteroatoms. The molecule has 0 radical (unpaired) electrons. The summed E-state index contributed by atoms with van der Waals surface area (Å²) in [6.07, 6.45) is 3.63. The van der Waals surface area contributed by atoms with Gasteiger partial charge in [-0.25, -0.2) is 0 Å². The second-order valence-electron chi connectivity index (χ2n) is 6.81. The number of ether oxygens (including phenoxy) is 1. The molecule has 0 saturated carbocycles. The molecule has 0 aliphatic heterocycles. The standard InChI is InChI=1S/C23H25N3O2/c1-17(2)23(27)25-21-14-20(11-12-22(21)28-3)26(19-9-5-4-6-10-19)16-18-8-7-13-24-15-18/h4-15,17H,16H2,1-3H3,(H,25,27). The van der Waals surface area contributed by atoms with Gasteiger partial charge in [-0.2, -0.15) is 0 Å². The number of nitrogens with zero attached hydrogens (tertiary/aromatic N) is 2. The maximum absolute atomic E-state index is 12.2. The smallest absolute Gasteiger partial charge is 0.227 e. The van der Waals surface area contributed by atoms with Gasteiger partial charge in [0.2, 0.25) is 5.91 Å². The van der Waals surface area contributed by atoms with Gasteiger partial charge >= 0.3 is 0 Å². The monoisotopic (exact) mass is 375 g/mol. The van der Waals surface area contributed by atoms with E-state index in [4.69, 9.17) is 4.74 Å². The van der Waals surface area contributed by atoms with E-state index >= 15 is 0 Å². The number of amides is 1. The molecule has 0 atom stereocenters. The van der Waals surface area contributed by atoms with Crippen molar-refractivity contribution >= 4 is 23.0 Å². The second kappa shape index (κ2) is 9.04. The Bertz CT molecular complexity index is 912. The highest BCUT2D eigenvalue weighted by molar-refractivity contribution is 5.94. The molecule has 5 nitrogen and oxygen atoms in total. The maximum atomic E-state index is 12.2. The molecular formula is C23H25N3O2. The second-order valence-corrected chi connectivity index (χ2v) is 6.81. The van der Waals surface area contributed by atoms with Crippen LogP contribution in [0.1, 0.15) is 19.4 Å². The van der Waals surface area contributed by atoms with Gasteiger partial charge in [0.25, 0.3) is 0 Å². The number of aromatic nitrogens is 1. The van der Waals surface area contributed by atoms with Crippen LogP contribution in [0.5, 0.6) is 5.75 Å². The molecule has 0 aliphatic carbocycles. The number of methoxy groups -OCH3 is 1. The molecule has 28 heavy (non-hydrogen) atoms. The highest BCUT2D eigenvalue weighted by Crippen LogP contribution is 2.34. The molecule has 3 rings (SSSR count). The minimum atomic E-state index is -0.117. The third kappa shape index (κ3) is 4.68. The molecule has 3 aromatic rings. The first kappa shape index (κ1) is 19.4. The number of benzene rings is 2. The summed E-state index contributed by atoms with van der Waals surface area (Å²) in [4.78, 5) is 18.6. The van der Waals surface area contributed by atoms with Crippen LogP contribution in [-0.2, 0) is 11.3 Å². The molecule has 1 amide bonds. The number of hydrogen-bond acceptors (Lipinski definition) is 4. The van der Waals surface area contributed by atoms with E-state index in [0.29, 0.717) is 18.0 Å². The lowest BCUT2D eigenvalue weighted by molar-refractivity contribution is -0.118. The van der Waals surface area contributed by atoms with Crippen molar-refractivity contribution in [1.29, 1.82) is 0 Å². The SMILES string of the molecule is COc1ccc(N(Cc2cccnc2)c2ccccc2)cc1NC(=O)C(C)C. The van der Waals surface area contributed by atoms with E-state index in [-0.39, 0.29) is 11.8 Å². The lowest BCUT2D eigenvalue weighted by atomic mass is 10.1. The zero-order valence-corrected chi connectivity index (χ0v) is 16.4. The topological polar surface area (TPSA) is 54.5 Å². The van der Waals surface area contributed by atoms with E-state index in [9.17, 15) is 4.79 Å². The highest BCUT2D eigenvalue weighted by atomic mass is 16.5. The van der Waals surface area contributed by atoms with Crippen molar-refractivity contribution in [1.82, 2.24) is 4.98 Å². The van der Waals surface area contributed by atoms with E-state index in [1.165, 1.54) is 0 Å². The van der Waals surface area contributed by atoms with Crippen LogP contribution < -0.4 is 15.0 Å². The van der Waals surface area contributed by atoms with Gasteiger partial charge in [-0.3, -0.25) is 9.78 Å². The minimum Gasteiger partial charge on any atom is -0.495 e. The van der Waals surface area contributed by atoms with Crippen LogP contribution in [0, 0.1) is 5.92 Å². The molecule has 0 spiro atoms. The number of carbonyl (C=O) groups excluding carboxylic acids is 1. The van der Waals surface area contributed by atoms with Crippen molar-refractivity contribution < 1.29 is 9.53 Å². The summed E-state index contributed by atoms with van der Waals surface area (Å²) >= 11 is 0. The largest absolute Gasteiger partial charge is 0.495 e. The number of nitrogens with one attached hydrogen (secondary N) is 1. The normalized spacial score (nSPS) is 10.6. The summed E-state index contributed by atoms with van der Waals surface area (Å²) in [7, 11) is 1.60. The van der Waals surface area contributed by atoms with Crippen molar-refractivity contribution in [3.63, 3.8) is 0 Å². The zero-order valence-electron chi connectivity index (χ0n) is 16.4. The average molecular weight is 375 g/mol. The Labute approximate surface area is 166 Å². The van der Waals surface area contributed by atoms with Crippen molar-refractivity contribution in [2.75, 3.05) is 17.3 Å². The van der Waals surface area contributed by atoms with Crippen LogP contribution in [0.2, 0.25) is 0 Å². The fraction of sp³-hybridized carbons (Fsp3) is 0.217. The number of anilines is 3. The molecule has 0 unspecified atom stereocenters. The van der Waals surface area contributed by atoms with Crippen molar-refractivity contribution in [2.45, 2.75) is 20.4 Å². The highest BCUT2D eigenvalue weighted by Gasteiger charge is 2.15. The van der Waals surface area contributed by atoms with E-state index in [1.807, 2.05) is 68.6 Å². The first-order valence-electron chi connectivity index (χ1n) is 9.29. The predicted molar refractivity (Wildman–Crippen MR) is 113 cm³/mol. The van der Waals surface area contributed by atoms with Gasteiger partial charge in [0, 0.05) is 36.2 Å². The molecule has 2 aromatic carbocycles. The summed E-state index contributed by atoms with van der Waals surface area (Å²) in [5.74, 6) is 0.468. The zero-order chi connectivity index (χ0) is 19.9. The number of hydrogen-bond donors (Lipinski definition) is 1. The minimum absolute atomic E-state index is 0.0472.